The molecule has 4 nitrogen and oxygen atoms in total. The predicted octanol–water partition coefficient (Wildman–Crippen LogP) is 2.86. The molecule has 2 unspecified atom stereocenters. The second kappa shape index (κ2) is 6.50. The Bertz CT molecular complexity index is 493. The largest absolute Gasteiger partial charge is 0.478 e. The summed E-state index contributed by atoms with van der Waals surface area (Å²) in [5, 5.41) is 12.9. The lowest BCUT2D eigenvalue weighted by atomic mass is 9.93. The number of hydrogen-bond acceptors (Lipinski definition) is 4. The molecule has 1 aromatic carbocycles. The fourth-order valence-electron chi connectivity index (χ4n) is 2.81. The number of nitrogens with zero attached hydrogens (tertiary/aromatic N) is 1. The molecule has 0 spiro atoms. The van der Waals surface area contributed by atoms with Crippen LogP contribution >= 0.6 is 11.8 Å². The number of piperidine rings is 1. The van der Waals surface area contributed by atoms with Crippen LogP contribution in [0.5, 0.6) is 0 Å². The van der Waals surface area contributed by atoms with Crippen LogP contribution in [0.2, 0.25) is 0 Å². The minimum atomic E-state index is -0.863. The maximum Gasteiger partial charge on any atom is 0.338 e. The van der Waals surface area contributed by atoms with Crippen molar-refractivity contribution in [1.82, 2.24) is 4.90 Å². The fraction of sp³-hybridized carbons (Fsp3) is 0.533. The maximum absolute atomic E-state index is 11.5. The summed E-state index contributed by atoms with van der Waals surface area (Å²) in [6.45, 7) is 4.31. The molecule has 2 N–H and O–H groups in total. The Labute approximate surface area is 124 Å². The van der Waals surface area contributed by atoms with Gasteiger partial charge in [-0.25, -0.2) is 4.79 Å². The number of aromatic carboxylic acids is 1. The molecule has 1 aliphatic heterocycles. The second-order valence-corrected chi connectivity index (χ2v) is 6.32. The van der Waals surface area contributed by atoms with E-state index in [0.717, 1.165) is 30.1 Å². The fourth-order valence-corrected chi connectivity index (χ4v) is 3.43. The van der Waals surface area contributed by atoms with Gasteiger partial charge < -0.3 is 15.3 Å². The van der Waals surface area contributed by atoms with Crippen LogP contribution in [0.25, 0.3) is 0 Å². The molecule has 110 valence electrons. The molecule has 0 saturated carbocycles. The lowest BCUT2D eigenvalue weighted by molar-refractivity contribution is 0.0694. The van der Waals surface area contributed by atoms with Gasteiger partial charge >= 0.3 is 5.97 Å². The van der Waals surface area contributed by atoms with E-state index in [4.69, 9.17) is 0 Å². The maximum atomic E-state index is 11.5. The molecule has 20 heavy (non-hydrogen) atoms. The first kappa shape index (κ1) is 15.2. The smallest absolute Gasteiger partial charge is 0.338 e. The second-order valence-electron chi connectivity index (χ2n) is 5.47. The van der Waals surface area contributed by atoms with Gasteiger partial charge in [-0.3, -0.25) is 0 Å². The highest BCUT2D eigenvalue weighted by Gasteiger charge is 2.25. The monoisotopic (exact) mass is 294 g/mol. The summed E-state index contributed by atoms with van der Waals surface area (Å²) in [5.41, 5.74) is 1.14. The van der Waals surface area contributed by atoms with Crippen molar-refractivity contribution in [2.75, 3.05) is 31.7 Å². The minimum absolute atomic E-state index is 0.335. The van der Waals surface area contributed by atoms with Crippen LogP contribution in [0.1, 0.15) is 23.7 Å². The molecule has 2 rings (SSSR count). The van der Waals surface area contributed by atoms with E-state index >= 15 is 0 Å². The molecule has 0 radical (unpaired) electrons. The molecule has 0 aliphatic carbocycles. The zero-order chi connectivity index (χ0) is 14.7. The van der Waals surface area contributed by atoms with Gasteiger partial charge in [-0.1, -0.05) is 13.0 Å². The Morgan fingerprint density at radius 2 is 2.25 bits per heavy atom. The molecular weight excluding hydrogens is 272 g/mol. The Morgan fingerprint density at radius 3 is 2.85 bits per heavy atom. The van der Waals surface area contributed by atoms with Crippen LogP contribution in [0.3, 0.4) is 0 Å². The molecular formula is C15H22N2O2S. The van der Waals surface area contributed by atoms with Crippen molar-refractivity contribution >= 4 is 23.4 Å². The van der Waals surface area contributed by atoms with Crippen LogP contribution in [0.15, 0.2) is 23.1 Å². The standard InChI is InChI=1S/C15H22N2O2S/c1-10-9-17(2)8-7-11(10)16-12-5-4-6-13(20-3)14(12)15(18)19/h4-6,10-11,16H,7-9H2,1-3H3,(H,18,19). The van der Waals surface area contributed by atoms with E-state index in [1.807, 2.05) is 24.5 Å². The third-order valence-corrected chi connectivity index (χ3v) is 4.69. The molecule has 1 aliphatic rings. The number of anilines is 1. The number of carboxylic acid groups (broad SMARTS) is 1. The predicted molar refractivity (Wildman–Crippen MR) is 83.9 cm³/mol. The van der Waals surface area contributed by atoms with Gasteiger partial charge in [0.05, 0.1) is 11.3 Å². The third kappa shape index (κ3) is 3.27. The van der Waals surface area contributed by atoms with Crippen LogP contribution in [-0.4, -0.2) is 48.4 Å². The number of hydrogen-bond donors (Lipinski definition) is 2. The van der Waals surface area contributed by atoms with Gasteiger partial charge in [0.15, 0.2) is 0 Å². The Balaban J connectivity index is 2.23. The third-order valence-electron chi connectivity index (χ3n) is 3.91. The van der Waals surface area contributed by atoms with Crippen LogP contribution in [0.4, 0.5) is 5.69 Å². The van der Waals surface area contributed by atoms with Crippen molar-refractivity contribution in [2.45, 2.75) is 24.3 Å². The van der Waals surface area contributed by atoms with E-state index in [1.54, 1.807) is 0 Å². The van der Waals surface area contributed by atoms with E-state index in [1.165, 1.54) is 11.8 Å². The minimum Gasteiger partial charge on any atom is -0.478 e. The molecule has 0 bridgehead atoms. The number of rotatable bonds is 4. The van der Waals surface area contributed by atoms with E-state index in [0.29, 0.717) is 17.5 Å². The number of carbonyl (C=O) groups is 1. The molecule has 5 heteroatoms. The lowest BCUT2D eigenvalue weighted by Crippen LogP contribution is -2.43. The van der Waals surface area contributed by atoms with E-state index in [9.17, 15) is 9.90 Å². The van der Waals surface area contributed by atoms with Crippen LogP contribution < -0.4 is 5.32 Å². The average Bonchev–Trinajstić information content (AvgIpc) is 2.41. The molecule has 0 amide bonds. The summed E-state index contributed by atoms with van der Waals surface area (Å²) < 4.78 is 0. The Hall–Kier alpha value is -1.20. The van der Waals surface area contributed by atoms with Gasteiger partial charge in [0, 0.05) is 17.5 Å². The Morgan fingerprint density at radius 1 is 1.50 bits per heavy atom. The molecule has 1 fully saturated rings. The van der Waals surface area contributed by atoms with Crippen molar-refractivity contribution < 1.29 is 9.90 Å². The molecule has 1 heterocycles. The lowest BCUT2D eigenvalue weighted by Gasteiger charge is -2.36. The summed E-state index contributed by atoms with van der Waals surface area (Å²) in [6, 6.07) is 5.98. The van der Waals surface area contributed by atoms with Crippen LogP contribution in [0, 0.1) is 5.92 Å². The first-order valence-corrected chi connectivity index (χ1v) is 8.10. The zero-order valence-corrected chi connectivity index (χ0v) is 13.0. The highest BCUT2D eigenvalue weighted by atomic mass is 32.2. The molecule has 1 aromatic rings. The Kier molecular flexibility index (Phi) is 4.94. The van der Waals surface area contributed by atoms with Gasteiger partial charge in [0.25, 0.3) is 0 Å². The first-order chi connectivity index (χ1) is 9.52. The molecule has 2 atom stereocenters. The van der Waals surface area contributed by atoms with Gasteiger partial charge in [0.2, 0.25) is 0 Å². The highest BCUT2D eigenvalue weighted by Crippen LogP contribution is 2.29. The number of thioether (sulfide) groups is 1. The van der Waals surface area contributed by atoms with Crippen LogP contribution in [-0.2, 0) is 0 Å². The number of nitrogens with one attached hydrogen (secondary N) is 1. The molecule has 1 saturated heterocycles. The highest BCUT2D eigenvalue weighted by molar-refractivity contribution is 7.98. The summed E-state index contributed by atoms with van der Waals surface area (Å²) in [5.74, 6) is -0.355. The van der Waals surface area contributed by atoms with Crippen molar-refractivity contribution in [2.24, 2.45) is 5.92 Å². The quantitative estimate of drug-likeness (QED) is 0.836. The zero-order valence-electron chi connectivity index (χ0n) is 12.2. The summed E-state index contributed by atoms with van der Waals surface area (Å²) in [7, 11) is 2.13. The van der Waals surface area contributed by atoms with Gasteiger partial charge in [0.1, 0.15) is 0 Å². The van der Waals surface area contributed by atoms with Gasteiger partial charge in [-0.2, -0.15) is 0 Å². The molecule has 0 aromatic heterocycles. The SMILES string of the molecule is CSc1cccc(NC2CCN(C)CC2C)c1C(=O)O. The summed E-state index contributed by atoms with van der Waals surface area (Å²) in [4.78, 5) is 14.6. The van der Waals surface area contributed by atoms with E-state index in [-0.39, 0.29) is 0 Å². The summed E-state index contributed by atoms with van der Waals surface area (Å²) >= 11 is 1.47. The van der Waals surface area contributed by atoms with Gasteiger partial charge in [-0.15, -0.1) is 11.8 Å². The number of carboxylic acids is 1. The first-order valence-electron chi connectivity index (χ1n) is 6.88. The number of benzene rings is 1. The van der Waals surface area contributed by atoms with Crippen molar-refractivity contribution in [3.63, 3.8) is 0 Å². The van der Waals surface area contributed by atoms with Crippen molar-refractivity contribution in [3.05, 3.63) is 23.8 Å². The normalized spacial score (nSPS) is 23.6. The number of likely N-dealkylation sites (tertiary alicyclic amines) is 1. The van der Waals surface area contributed by atoms with E-state index in [2.05, 4.69) is 24.2 Å². The summed E-state index contributed by atoms with van der Waals surface area (Å²) in [6.07, 6.45) is 2.95. The topological polar surface area (TPSA) is 52.6 Å². The average molecular weight is 294 g/mol. The van der Waals surface area contributed by atoms with E-state index < -0.39 is 5.97 Å². The van der Waals surface area contributed by atoms with Gasteiger partial charge in [-0.05, 0) is 44.3 Å². The van der Waals surface area contributed by atoms with Crippen molar-refractivity contribution in [1.29, 1.82) is 0 Å². The van der Waals surface area contributed by atoms with Crippen molar-refractivity contribution in [3.8, 4) is 0 Å².